The van der Waals surface area contributed by atoms with Crippen LogP contribution in [0.4, 0.5) is 20.5 Å². The molecular formula is C27H25F2N9O3. The molecule has 0 spiro atoms. The van der Waals surface area contributed by atoms with E-state index in [0.717, 1.165) is 4.57 Å². The Labute approximate surface area is 231 Å². The summed E-state index contributed by atoms with van der Waals surface area (Å²) in [5.41, 5.74) is 0.204. The fraction of sp³-hybridized carbons (Fsp3) is 0.370. The van der Waals surface area contributed by atoms with Crippen LogP contribution in [0, 0.1) is 23.7 Å². The summed E-state index contributed by atoms with van der Waals surface area (Å²) in [6.45, 7) is 3.60. The molecule has 1 N–H and O–H groups in total. The minimum absolute atomic E-state index is 0.0832. The van der Waals surface area contributed by atoms with Crippen LogP contribution in [-0.4, -0.2) is 58.6 Å². The van der Waals surface area contributed by atoms with E-state index in [4.69, 9.17) is 0 Å². The number of alkyl halides is 2. The first-order chi connectivity index (χ1) is 19.6. The van der Waals surface area contributed by atoms with Crippen LogP contribution < -0.4 is 21.5 Å². The number of piperidine rings is 1. The van der Waals surface area contributed by atoms with E-state index in [1.54, 1.807) is 49.3 Å². The lowest BCUT2D eigenvalue weighted by molar-refractivity contribution is -0.118. The number of rotatable bonds is 6. The number of halogens is 2. The van der Waals surface area contributed by atoms with Crippen molar-refractivity contribution in [2.45, 2.75) is 32.4 Å². The molecule has 14 heteroatoms. The quantitative estimate of drug-likeness (QED) is 0.352. The van der Waals surface area contributed by atoms with Gasteiger partial charge in [0, 0.05) is 38.1 Å². The SMILES string of the molecule is CC#CCn1c(=O)c2c(ncn2[C@@H](C)C(=O)Nc2cccc(-c3cnc(N4C[C@@H]5[C@@H](C4)C5(F)F)nc3)n2)n(C)c1=O. The number of carbonyl (C=O) groups excluding carboxylic acids is 1. The molecule has 3 atom stereocenters. The third kappa shape index (κ3) is 4.33. The smallest absolute Gasteiger partial charge is 0.333 e. The molecule has 1 aliphatic carbocycles. The number of amides is 1. The molecule has 0 aromatic carbocycles. The van der Waals surface area contributed by atoms with Crippen LogP contribution in [0.2, 0.25) is 0 Å². The Morgan fingerprint density at radius 1 is 1.17 bits per heavy atom. The van der Waals surface area contributed by atoms with E-state index in [2.05, 4.69) is 37.1 Å². The Morgan fingerprint density at radius 3 is 2.56 bits per heavy atom. The number of nitrogens with one attached hydrogen (secondary N) is 1. The lowest BCUT2D eigenvalue weighted by Crippen LogP contribution is -2.40. The number of anilines is 2. The zero-order valence-electron chi connectivity index (χ0n) is 22.4. The number of carbonyl (C=O) groups is 1. The minimum atomic E-state index is -2.57. The number of aryl methyl sites for hydroxylation is 1. The molecule has 2 aliphatic rings. The summed E-state index contributed by atoms with van der Waals surface area (Å²) in [7, 11) is 1.50. The summed E-state index contributed by atoms with van der Waals surface area (Å²) in [6.07, 6.45) is 4.48. The van der Waals surface area contributed by atoms with Crippen LogP contribution in [0.25, 0.3) is 22.4 Å². The van der Waals surface area contributed by atoms with Gasteiger partial charge in [-0.2, -0.15) is 0 Å². The molecule has 6 rings (SSSR count). The van der Waals surface area contributed by atoms with Crippen molar-refractivity contribution in [3.63, 3.8) is 0 Å². The number of fused-ring (bicyclic) bond motifs is 2. The Hall–Kier alpha value is -4.93. The molecule has 41 heavy (non-hydrogen) atoms. The number of nitrogens with zero attached hydrogens (tertiary/aromatic N) is 8. The number of hydrogen-bond donors (Lipinski definition) is 1. The van der Waals surface area contributed by atoms with Gasteiger partial charge in [0.05, 0.1) is 30.4 Å². The molecule has 0 bridgehead atoms. The number of aromatic nitrogens is 7. The fourth-order valence-corrected chi connectivity index (χ4v) is 5.19. The van der Waals surface area contributed by atoms with Gasteiger partial charge < -0.3 is 14.8 Å². The number of hydrogen-bond acceptors (Lipinski definition) is 8. The molecule has 1 saturated carbocycles. The summed E-state index contributed by atoms with van der Waals surface area (Å²) >= 11 is 0. The van der Waals surface area contributed by atoms with Crippen molar-refractivity contribution in [3.05, 3.63) is 57.8 Å². The van der Waals surface area contributed by atoms with E-state index >= 15 is 0 Å². The lowest BCUT2D eigenvalue weighted by Gasteiger charge is -2.19. The molecule has 0 unspecified atom stereocenters. The van der Waals surface area contributed by atoms with Gasteiger partial charge in [0.1, 0.15) is 11.9 Å². The standard InChI is InChI=1S/C27H25F2N9O3/c1-4-5-9-37-24(40)21-22(35(3)26(37)41)32-14-38(21)15(2)23(39)34-20-8-6-7-19(33-20)16-10-30-25(31-11-16)36-12-17-18(13-36)27(17,28)29/h6-8,10-11,14-15,17-18H,9,12-13H2,1-3H3,(H,33,34,39)/t15-,17+,18+/m0/s1. The van der Waals surface area contributed by atoms with Crippen molar-refractivity contribution in [1.29, 1.82) is 0 Å². The second-order valence-electron chi connectivity index (χ2n) is 10.1. The second kappa shape index (κ2) is 9.61. The van der Waals surface area contributed by atoms with Gasteiger partial charge in [-0.15, -0.1) is 5.92 Å². The first-order valence-corrected chi connectivity index (χ1v) is 12.9. The summed E-state index contributed by atoms with van der Waals surface area (Å²) in [5, 5.41) is 2.75. The van der Waals surface area contributed by atoms with Crippen molar-refractivity contribution in [2.75, 3.05) is 23.3 Å². The Kier molecular flexibility index (Phi) is 6.17. The normalized spacial score (nSPS) is 19.4. The third-order valence-corrected chi connectivity index (χ3v) is 7.69. The number of pyridine rings is 1. The van der Waals surface area contributed by atoms with Crippen molar-refractivity contribution in [3.8, 4) is 23.1 Å². The molecule has 4 aromatic rings. The van der Waals surface area contributed by atoms with E-state index in [1.165, 1.54) is 22.5 Å². The lowest BCUT2D eigenvalue weighted by atomic mass is 10.2. The van der Waals surface area contributed by atoms with Gasteiger partial charge in [-0.3, -0.25) is 14.2 Å². The van der Waals surface area contributed by atoms with Gasteiger partial charge in [0.15, 0.2) is 11.2 Å². The Morgan fingerprint density at radius 2 is 1.88 bits per heavy atom. The largest absolute Gasteiger partial charge is 0.340 e. The van der Waals surface area contributed by atoms with E-state index in [9.17, 15) is 23.2 Å². The summed E-state index contributed by atoms with van der Waals surface area (Å²) in [5.74, 6) is 1.75. The van der Waals surface area contributed by atoms with Gasteiger partial charge in [-0.1, -0.05) is 12.0 Å². The zero-order valence-corrected chi connectivity index (χ0v) is 22.4. The van der Waals surface area contributed by atoms with Crippen molar-refractivity contribution >= 4 is 28.8 Å². The van der Waals surface area contributed by atoms with Crippen molar-refractivity contribution in [1.82, 2.24) is 33.6 Å². The number of imidazole rings is 1. The molecular weight excluding hydrogens is 536 g/mol. The summed E-state index contributed by atoms with van der Waals surface area (Å²) < 4.78 is 30.7. The Bertz CT molecular complexity index is 1850. The molecule has 5 heterocycles. The van der Waals surface area contributed by atoms with Crippen LogP contribution in [0.1, 0.15) is 19.9 Å². The maximum atomic E-state index is 13.5. The first-order valence-electron chi connectivity index (χ1n) is 12.9. The van der Waals surface area contributed by atoms with Crippen LogP contribution in [0.15, 0.2) is 46.5 Å². The highest BCUT2D eigenvalue weighted by atomic mass is 19.3. The van der Waals surface area contributed by atoms with Gasteiger partial charge in [0.2, 0.25) is 11.9 Å². The molecule has 1 saturated heterocycles. The molecule has 12 nitrogen and oxygen atoms in total. The average Bonchev–Trinajstić information content (AvgIpc) is 3.40. The van der Waals surface area contributed by atoms with Gasteiger partial charge >= 0.3 is 5.69 Å². The summed E-state index contributed by atoms with van der Waals surface area (Å²) in [4.78, 5) is 58.1. The first kappa shape index (κ1) is 26.3. The molecule has 1 amide bonds. The monoisotopic (exact) mass is 561 g/mol. The molecule has 210 valence electrons. The minimum Gasteiger partial charge on any atom is -0.340 e. The third-order valence-electron chi connectivity index (χ3n) is 7.69. The molecule has 4 aromatic heterocycles. The average molecular weight is 562 g/mol. The second-order valence-corrected chi connectivity index (χ2v) is 10.1. The molecule has 2 fully saturated rings. The van der Waals surface area contributed by atoms with Gasteiger partial charge in [-0.05, 0) is 26.0 Å². The van der Waals surface area contributed by atoms with E-state index in [1.807, 2.05) is 0 Å². The maximum Gasteiger partial charge on any atom is 0.333 e. The molecule has 0 radical (unpaired) electrons. The topological polar surface area (TPSA) is 133 Å². The highest BCUT2D eigenvalue weighted by Gasteiger charge is 2.72. The highest BCUT2D eigenvalue weighted by molar-refractivity contribution is 5.93. The van der Waals surface area contributed by atoms with Gasteiger partial charge in [-0.25, -0.2) is 38.1 Å². The van der Waals surface area contributed by atoms with E-state index in [0.29, 0.717) is 17.2 Å². The van der Waals surface area contributed by atoms with Gasteiger partial charge in [0.25, 0.3) is 11.5 Å². The van der Waals surface area contributed by atoms with Crippen molar-refractivity contribution in [2.24, 2.45) is 18.9 Å². The molecule has 1 aliphatic heterocycles. The van der Waals surface area contributed by atoms with Crippen molar-refractivity contribution < 1.29 is 13.6 Å². The zero-order chi connectivity index (χ0) is 29.1. The van der Waals surface area contributed by atoms with Crippen LogP contribution in [-0.2, 0) is 18.4 Å². The van der Waals surface area contributed by atoms with E-state index in [-0.39, 0.29) is 36.6 Å². The Balaban J connectivity index is 1.20. The predicted octanol–water partition coefficient (Wildman–Crippen LogP) is 1.67. The highest BCUT2D eigenvalue weighted by Crippen LogP contribution is 2.59. The van der Waals surface area contributed by atoms with E-state index < -0.39 is 41.0 Å². The fourth-order valence-electron chi connectivity index (χ4n) is 5.19. The van der Waals surface area contributed by atoms with Crippen LogP contribution in [0.3, 0.4) is 0 Å². The summed E-state index contributed by atoms with van der Waals surface area (Å²) in [6, 6.07) is 4.19. The predicted molar refractivity (Wildman–Crippen MR) is 145 cm³/mol. The maximum absolute atomic E-state index is 13.5. The van der Waals surface area contributed by atoms with Crippen LogP contribution >= 0.6 is 0 Å². The van der Waals surface area contributed by atoms with Crippen LogP contribution in [0.5, 0.6) is 0 Å².